The van der Waals surface area contributed by atoms with Crippen molar-refractivity contribution in [2.45, 2.75) is 49.9 Å². The monoisotopic (exact) mass is 534 g/mol. The number of H-pyrrole nitrogens is 1. The molecule has 1 heterocycles. The SMILES string of the molecule is NC(Cc1ccccc1)C(=O)NC(CCC(=O)O)C(=O)NC(Cc1cnc[nH]1)C(=O)NC(CS)C(=O)O. The number of carbonyl (C=O) groups is 5. The van der Waals surface area contributed by atoms with E-state index in [0.717, 1.165) is 5.56 Å². The van der Waals surface area contributed by atoms with Crippen molar-refractivity contribution in [2.24, 2.45) is 5.73 Å². The first kappa shape index (κ1) is 29.3. The highest BCUT2D eigenvalue weighted by atomic mass is 32.1. The molecule has 37 heavy (non-hydrogen) atoms. The second-order valence-electron chi connectivity index (χ2n) is 8.21. The van der Waals surface area contributed by atoms with Crippen molar-refractivity contribution in [3.63, 3.8) is 0 Å². The summed E-state index contributed by atoms with van der Waals surface area (Å²) in [6, 6.07) is 4.05. The zero-order valence-corrected chi connectivity index (χ0v) is 20.7. The van der Waals surface area contributed by atoms with Gasteiger partial charge in [0.05, 0.1) is 12.4 Å². The fraction of sp³-hybridized carbons (Fsp3) is 0.391. The van der Waals surface area contributed by atoms with E-state index in [4.69, 9.17) is 10.8 Å². The van der Waals surface area contributed by atoms with Gasteiger partial charge in [0, 0.05) is 30.5 Å². The van der Waals surface area contributed by atoms with Gasteiger partial charge in [-0.15, -0.1) is 0 Å². The molecule has 0 radical (unpaired) electrons. The van der Waals surface area contributed by atoms with Crippen LogP contribution in [0.3, 0.4) is 0 Å². The van der Waals surface area contributed by atoms with Gasteiger partial charge in [0.1, 0.15) is 18.1 Å². The highest BCUT2D eigenvalue weighted by Crippen LogP contribution is 2.06. The van der Waals surface area contributed by atoms with Gasteiger partial charge in [-0.2, -0.15) is 12.6 Å². The number of nitrogens with one attached hydrogen (secondary N) is 4. The third-order valence-corrected chi connectivity index (χ3v) is 5.69. The zero-order valence-electron chi connectivity index (χ0n) is 19.8. The average molecular weight is 535 g/mol. The number of nitrogens with zero attached hydrogens (tertiary/aromatic N) is 1. The Morgan fingerprint density at radius 3 is 2.11 bits per heavy atom. The number of aromatic nitrogens is 2. The van der Waals surface area contributed by atoms with Crippen molar-refractivity contribution in [2.75, 3.05) is 5.75 Å². The highest BCUT2D eigenvalue weighted by molar-refractivity contribution is 7.80. The van der Waals surface area contributed by atoms with E-state index in [1.165, 1.54) is 12.5 Å². The summed E-state index contributed by atoms with van der Waals surface area (Å²) in [4.78, 5) is 67.8. The molecule has 0 aliphatic rings. The van der Waals surface area contributed by atoms with Crippen LogP contribution in [0.2, 0.25) is 0 Å². The molecule has 1 aromatic heterocycles. The van der Waals surface area contributed by atoms with Crippen LogP contribution >= 0.6 is 12.6 Å². The number of benzene rings is 1. The number of amides is 3. The Morgan fingerprint density at radius 2 is 1.54 bits per heavy atom. The zero-order chi connectivity index (χ0) is 27.4. The van der Waals surface area contributed by atoms with Crippen molar-refractivity contribution in [1.82, 2.24) is 25.9 Å². The number of aromatic amines is 1. The molecule has 0 spiro atoms. The van der Waals surface area contributed by atoms with E-state index in [2.05, 4.69) is 38.5 Å². The Kier molecular flexibility index (Phi) is 11.6. The molecule has 0 fully saturated rings. The van der Waals surface area contributed by atoms with E-state index in [9.17, 15) is 29.1 Å². The van der Waals surface area contributed by atoms with Crippen molar-refractivity contribution < 1.29 is 34.2 Å². The third-order valence-electron chi connectivity index (χ3n) is 5.32. The number of hydrogen-bond acceptors (Lipinski definition) is 8. The molecule has 4 unspecified atom stereocenters. The maximum atomic E-state index is 13.1. The summed E-state index contributed by atoms with van der Waals surface area (Å²) >= 11 is 3.91. The Bertz CT molecular complexity index is 1070. The molecule has 1 aromatic carbocycles. The molecule has 2 rings (SSSR count). The van der Waals surface area contributed by atoms with E-state index in [1.54, 1.807) is 24.3 Å². The van der Waals surface area contributed by atoms with Crippen LogP contribution in [0.4, 0.5) is 0 Å². The second-order valence-corrected chi connectivity index (χ2v) is 8.58. The van der Waals surface area contributed by atoms with Crippen LogP contribution in [0.25, 0.3) is 0 Å². The van der Waals surface area contributed by atoms with Crippen molar-refractivity contribution in [3.05, 3.63) is 54.1 Å². The Labute approximate surface area is 218 Å². The van der Waals surface area contributed by atoms with Crippen LogP contribution in [0.5, 0.6) is 0 Å². The number of imidazole rings is 1. The van der Waals surface area contributed by atoms with Crippen LogP contribution < -0.4 is 21.7 Å². The van der Waals surface area contributed by atoms with Gasteiger partial charge < -0.3 is 36.9 Å². The summed E-state index contributed by atoms with van der Waals surface area (Å²) < 4.78 is 0. The number of thiol groups is 1. The Hall–Kier alpha value is -3.91. The topological polar surface area (TPSA) is 217 Å². The molecule has 200 valence electrons. The lowest BCUT2D eigenvalue weighted by molar-refractivity contribution is -0.141. The number of carbonyl (C=O) groups excluding carboxylic acids is 3. The van der Waals surface area contributed by atoms with Crippen molar-refractivity contribution in [1.29, 1.82) is 0 Å². The quantitative estimate of drug-likeness (QED) is 0.129. The molecule has 0 aliphatic heterocycles. The van der Waals surface area contributed by atoms with Crippen LogP contribution in [0, 0.1) is 0 Å². The minimum atomic E-state index is -1.32. The number of rotatable bonds is 15. The number of aliphatic carboxylic acids is 2. The lowest BCUT2D eigenvalue weighted by Crippen LogP contribution is -2.58. The molecule has 2 aromatic rings. The smallest absolute Gasteiger partial charge is 0.327 e. The predicted octanol–water partition coefficient (Wildman–Crippen LogP) is -1.14. The summed E-state index contributed by atoms with van der Waals surface area (Å²) in [6.45, 7) is 0. The molecule has 13 nitrogen and oxygen atoms in total. The van der Waals surface area contributed by atoms with E-state index in [0.29, 0.717) is 5.69 Å². The molecule has 0 saturated heterocycles. The Morgan fingerprint density at radius 1 is 0.919 bits per heavy atom. The summed E-state index contributed by atoms with van der Waals surface area (Å²) in [5, 5.41) is 25.6. The molecule has 8 N–H and O–H groups in total. The number of carboxylic acids is 2. The lowest BCUT2D eigenvalue weighted by atomic mass is 10.0. The van der Waals surface area contributed by atoms with Gasteiger partial charge in [0.2, 0.25) is 17.7 Å². The minimum absolute atomic E-state index is 0.0798. The molecule has 0 bridgehead atoms. The van der Waals surface area contributed by atoms with Gasteiger partial charge in [0.15, 0.2) is 0 Å². The number of nitrogens with two attached hydrogens (primary N) is 1. The van der Waals surface area contributed by atoms with Gasteiger partial charge in [-0.1, -0.05) is 30.3 Å². The van der Waals surface area contributed by atoms with Gasteiger partial charge in [-0.3, -0.25) is 19.2 Å². The number of hydrogen-bond donors (Lipinski definition) is 8. The normalized spacial score (nSPS) is 14.0. The molecular formula is C23H30N6O7S. The van der Waals surface area contributed by atoms with Crippen LogP contribution in [0.1, 0.15) is 24.1 Å². The highest BCUT2D eigenvalue weighted by Gasteiger charge is 2.30. The largest absolute Gasteiger partial charge is 0.481 e. The molecule has 4 atom stereocenters. The van der Waals surface area contributed by atoms with E-state index >= 15 is 0 Å². The molecule has 0 saturated carbocycles. The third kappa shape index (κ3) is 9.93. The van der Waals surface area contributed by atoms with Crippen molar-refractivity contribution >= 4 is 42.3 Å². The van der Waals surface area contributed by atoms with Gasteiger partial charge in [-0.05, 0) is 18.4 Å². The predicted molar refractivity (Wildman–Crippen MR) is 135 cm³/mol. The van der Waals surface area contributed by atoms with Gasteiger partial charge in [-0.25, -0.2) is 9.78 Å². The molecule has 3 amide bonds. The maximum absolute atomic E-state index is 13.1. The molecule has 14 heteroatoms. The van der Waals surface area contributed by atoms with Crippen LogP contribution in [-0.4, -0.2) is 79.8 Å². The second kappa shape index (κ2) is 14.6. The first-order chi connectivity index (χ1) is 17.6. The van der Waals surface area contributed by atoms with Gasteiger partial charge in [0.25, 0.3) is 0 Å². The number of carboxylic acid groups (broad SMARTS) is 2. The van der Waals surface area contributed by atoms with Crippen LogP contribution in [-0.2, 0) is 36.8 Å². The summed E-state index contributed by atoms with van der Waals surface area (Å²) in [5.41, 5.74) is 7.26. The van der Waals surface area contributed by atoms with Crippen LogP contribution in [0.15, 0.2) is 42.9 Å². The standard InChI is InChI=1S/C23H30N6O7S/c24-15(8-13-4-2-1-3-5-13)20(32)27-16(6-7-19(30)31)21(33)28-17(9-14-10-25-12-26-14)22(34)29-18(11-37)23(35)36/h1-5,10,12,15-18,37H,6-9,11,24H2,(H,25,26)(H,27,32)(H,28,33)(H,29,34)(H,30,31)(H,35,36). The Balaban J connectivity index is 2.16. The fourth-order valence-corrected chi connectivity index (χ4v) is 3.58. The fourth-order valence-electron chi connectivity index (χ4n) is 3.33. The first-order valence-electron chi connectivity index (χ1n) is 11.3. The van der Waals surface area contributed by atoms with Gasteiger partial charge >= 0.3 is 11.9 Å². The lowest BCUT2D eigenvalue weighted by Gasteiger charge is -2.24. The first-order valence-corrected chi connectivity index (χ1v) is 12.0. The maximum Gasteiger partial charge on any atom is 0.327 e. The van der Waals surface area contributed by atoms with E-state index < -0.39 is 60.2 Å². The van der Waals surface area contributed by atoms with Crippen molar-refractivity contribution in [3.8, 4) is 0 Å². The van der Waals surface area contributed by atoms with E-state index in [-0.39, 0.29) is 25.0 Å². The minimum Gasteiger partial charge on any atom is -0.481 e. The molecular weight excluding hydrogens is 504 g/mol. The summed E-state index contributed by atoms with van der Waals surface area (Å²) in [5.74, 6) is -5.01. The van der Waals surface area contributed by atoms with E-state index in [1.807, 2.05) is 6.07 Å². The summed E-state index contributed by atoms with van der Waals surface area (Å²) in [6.07, 6.45) is 2.19. The summed E-state index contributed by atoms with van der Waals surface area (Å²) in [7, 11) is 0. The molecule has 0 aliphatic carbocycles. The average Bonchev–Trinajstić information content (AvgIpc) is 3.37.